The Hall–Kier alpha value is -2.42. The summed E-state index contributed by atoms with van der Waals surface area (Å²) in [5.41, 5.74) is -0.598. The number of nitrogens with one attached hydrogen (secondary N) is 1. The van der Waals surface area contributed by atoms with Gasteiger partial charge < -0.3 is 10.4 Å². The van der Waals surface area contributed by atoms with E-state index in [1.54, 1.807) is 0 Å². The highest BCUT2D eigenvalue weighted by Gasteiger charge is 2.35. The van der Waals surface area contributed by atoms with Gasteiger partial charge in [0.25, 0.3) is 0 Å². The summed E-state index contributed by atoms with van der Waals surface area (Å²) in [5.74, 6) is -7.17. The van der Waals surface area contributed by atoms with Crippen LogP contribution in [-0.4, -0.2) is 21.4 Å². The molecule has 1 atom stereocenters. The van der Waals surface area contributed by atoms with E-state index in [9.17, 15) is 22.8 Å². The van der Waals surface area contributed by atoms with Gasteiger partial charge in [-0.2, -0.15) is 4.37 Å². The molecule has 1 unspecified atom stereocenters. The third kappa shape index (κ3) is 2.13. The van der Waals surface area contributed by atoms with Crippen molar-refractivity contribution in [3.05, 3.63) is 45.7 Å². The van der Waals surface area contributed by atoms with E-state index < -0.39 is 35.2 Å². The molecule has 2 heterocycles. The maximum absolute atomic E-state index is 14.0. The third-order valence-electron chi connectivity index (χ3n) is 3.33. The van der Waals surface area contributed by atoms with Gasteiger partial charge in [-0.05, 0) is 17.6 Å². The van der Waals surface area contributed by atoms with Crippen molar-refractivity contribution < 1.29 is 27.9 Å². The fourth-order valence-electron chi connectivity index (χ4n) is 2.34. The number of halogens is 3. The Morgan fingerprint density at radius 1 is 1.32 bits per heavy atom. The number of hydrogen-bond donors (Lipinski definition) is 2. The molecule has 0 aliphatic carbocycles. The first-order valence-electron chi connectivity index (χ1n) is 6.06. The molecule has 0 fully saturated rings. The first kappa shape index (κ1) is 14.5. The van der Waals surface area contributed by atoms with Crippen LogP contribution in [0.15, 0.2) is 12.1 Å². The second-order valence-corrected chi connectivity index (χ2v) is 5.45. The van der Waals surface area contributed by atoms with Crippen LogP contribution in [0.25, 0.3) is 0 Å². The van der Waals surface area contributed by atoms with Gasteiger partial charge in [0.05, 0.1) is 10.6 Å². The summed E-state index contributed by atoms with van der Waals surface area (Å²) in [7, 11) is 0. The van der Waals surface area contributed by atoms with E-state index in [0.29, 0.717) is 4.88 Å². The van der Waals surface area contributed by atoms with E-state index >= 15 is 0 Å². The van der Waals surface area contributed by atoms with E-state index in [1.807, 2.05) is 0 Å². The summed E-state index contributed by atoms with van der Waals surface area (Å²) in [6.45, 7) is 0. The zero-order valence-electron chi connectivity index (χ0n) is 10.7. The van der Waals surface area contributed by atoms with Crippen molar-refractivity contribution in [2.24, 2.45) is 0 Å². The molecular weight excluding hydrogens is 321 g/mol. The normalized spacial score (nSPS) is 17.0. The van der Waals surface area contributed by atoms with Gasteiger partial charge in [-0.15, -0.1) is 0 Å². The van der Waals surface area contributed by atoms with Crippen molar-refractivity contribution in [1.29, 1.82) is 0 Å². The maximum atomic E-state index is 14.0. The minimum Gasteiger partial charge on any atom is -0.476 e. The van der Waals surface area contributed by atoms with E-state index in [1.165, 1.54) is 0 Å². The Bertz CT molecular complexity index is 806. The number of carbonyl (C=O) groups is 2. The van der Waals surface area contributed by atoms with Crippen molar-refractivity contribution in [1.82, 2.24) is 4.37 Å². The molecule has 9 heteroatoms. The molecule has 0 radical (unpaired) electrons. The van der Waals surface area contributed by atoms with Crippen LogP contribution in [0, 0.1) is 17.5 Å². The number of carboxylic acid groups (broad SMARTS) is 1. The number of hydrogen-bond acceptors (Lipinski definition) is 4. The van der Waals surface area contributed by atoms with Crippen LogP contribution in [-0.2, 0) is 4.79 Å². The number of nitrogens with zero attached hydrogens (tertiary/aromatic N) is 1. The van der Waals surface area contributed by atoms with Gasteiger partial charge in [0.15, 0.2) is 23.1 Å². The predicted molar refractivity (Wildman–Crippen MR) is 70.5 cm³/mol. The molecule has 0 bridgehead atoms. The Kier molecular flexibility index (Phi) is 3.36. The van der Waals surface area contributed by atoms with Crippen molar-refractivity contribution in [2.45, 2.75) is 12.3 Å². The zero-order chi connectivity index (χ0) is 16.0. The number of carbonyl (C=O) groups excluding carboxylic acids is 1. The van der Waals surface area contributed by atoms with Crippen LogP contribution in [0.5, 0.6) is 0 Å². The minimum atomic E-state index is -1.63. The summed E-state index contributed by atoms with van der Waals surface area (Å²) in [6.07, 6.45) is -0.212. The number of rotatable bonds is 2. The topological polar surface area (TPSA) is 79.3 Å². The lowest BCUT2D eigenvalue weighted by atomic mass is 9.89. The number of benzene rings is 1. The van der Waals surface area contributed by atoms with Crippen molar-refractivity contribution in [3.63, 3.8) is 0 Å². The van der Waals surface area contributed by atoms with Crippen molar-refractivity contribution >= 4 is 29.1 Å². The second kappa shape index (κ2) is 5.09. The molecule has 2 N–H and O–H groups in total. The molecule has 5 nitrogen and oxygen atoms in total. The quantitative estimate of drug-likeness (QED) is 0.831. The average Bonchev–Trinajstić information content (AvgIpc) is 2.88. The van der Waals surface area contributed by atoms with Gasteiger partial charge in [-0.3, -0.25) is 4.79 Å². The van der Waals surface area contributed by atoms with Crippen LogP contribution in [0.2, 0.25) is 0 Å². The Labute approximate surface area is 125 Å². The highest BCUT2D eigenvalue weighted by Crippen LogP contribution is 2.42. The molecule has 0 saturated carbocycles. The van der Waals surface area contributed by atoms with Gasteiger partial charge in [0.1, 0.15) is 0 Å². The van der Waals surface area contributed by atoms with E-state index in [2.05, 4.69) is 9.69 Å². The van der Waals surface area contributed by atoms with E-state index in [4.69, 9.17) is 5.11 Å². The maximum Gasteiger partial charge on any atom is 0.357 e. The summed E-state index contributed by atoms with van der Waals surface area (Å²) in [4.78, 5) is 23.1. The number of aromatic carboxylic acids is 1. The first-order valence-corrected chi connectivity index (χ1v) is 6.83. The number of aromatic nitrogens is 1. The molecule has 22 heavy (non-hydrogen) atoms. The second-order valence-electron chi connectivity index (χ2n) is 4.65. The Morgan fingerprint density at radius 3 is 2.73 bits per heavy atom. The fraction of sp³-hybridized carbons (Fsp3) is 0.154. The summed E-state index contributed by atoms with van der Waals surface area (Å²) in [5, 5.41) is 11.4. The molecular formula is C13H7F3N2O3S. The van der Waals surface area contributed by atoms with Crippen LogP contribution >= 0.6 is 11.5 Å². The number of fused-ring (bicyclic) bond motifs is 1. The highest BCUT2D eigenvalue weighted by atomic mass is 32.1. The zero-order valence-corrected chi connectivity index (χ0v) is 11.5. The lowest BCUT2D eigenvalue weighted by molar-refractivity contribution is -0.116. The Morgan fingerprint density at radius 2 is 2.05 bits per heavy atom. The van der Waals surface area contributed by atoms with Gasteiger partial charge in [0, 0.05) is 17.9 Å². The minimum absolute atomic E-state index is 0.0251. The van der Waals surface area contributed by atoms with Crippen LogP contribution in [0.4, 0.5) is 18.9 Å². The van der Waals surface area contributed by atoms with Crippen LogP contribution < -0.4 is 5.32 Å². The summed E-state index contributed by atoms with van der Waals surface area (Å²) < 4.78 is 44.1. The number of carboxylic acids is 1. The molecule has 114 valence electrons. The molecule has 1 aliphatic rings. The SMILES string of the molecule is O=C1CC(c2ccc(F)c(F)c2F)c2snc(C(=O)O)c2N1. The van der Waals surface area contributed by atoms with Gasteiger partial charge in [0.2, 0.25) is 5.91 Å². The number of anilines is 1. The number of amides is 1. The summed E-state index contributed by atoms with van der Waals surface area (Å²) >= 11 is 0.776. The van der Waals surface area contributed by atoms with Crippen molar-refractivity contribution in [3.8, 4) is 0 Å². The van der Waals surface area contributed by atoms with Crippen LogP contribution in [0.1, 0.15) is 33.3 Å². The molecule has 3 rings (SSSR count). The first-order chi connectivity index (χ1) is 10.4. The predicted octanol–water partition coefficient (Wildman–Crippen LogP) is 2.73. The average molecular weight is 328 g/mol. The monoisotopic (exact) mass is 328 g/mol. The standard InChI is InChI=1S/C13H7F3N2O3S/c14-6-2-1-4(8(15)9(6)16)5-3-7(19)17-10-11(13(20)21)18-22-12(5)10/h1-2,5H,3H2,(H,17,19)(H,20,21). The largest absolute Gasteiger partial charge is 0.476 e. The summed E-state index contributed by atoms with van der Waals surface area (Å²) in [6, 6.07) is 1.81. The highest BCUT2D eigenvalue weighted by molar-refractivity contribution is 7.06. The lowest BCUT2D eigenvalue weighted by Gasteiger charge is -2.23. The molecule has 1 amide bonds. The molecule has 1 aromatic heterocycles. The lowest BCUT2D eigenvalue weighted by Crippen LogP contribution is -2.24. The Balaban J connectivity index is 2.16. The van der Waals surface area contributed by atoms with Gasteiger partial charge in [-0.25, -0.2) is 18.0 Å². The van der Waals surface area contributed by atoms with Crippen LogP contribution in [0.3, 0.4) is 0 Å². The third-order valence-corrected chi connectivity index (χ3v) is 4.29. The van der Waals surface area contributed by atoms with E-state index in [0.717, 1.165) is 23.7 Å². The van der Waals surface area contributed by atoms with Crippen molar-refractivity contribution in [2.75, 3.05) is 5.32 Å². The molecule has 2 aromatic rings. The van der Waals surface area contributed by atoms with E-state index in [-0.39, 0.29) is 23.4 Å². The van der Waals surface area contributed by atoms with Gasteiger partial charge >= 0.3 is 5.97 Å². The van der Waals surface area contributed by atoms with Gasteiger partial charge in [-0.1, -0.05) is 6.07 Å². The molecule has 1 aromatic carbocycles. The fourth-order valence-corrected chi connectivity index (χ4v) is 3.27. The molecule has 0 spiro atoms. The molecule has 0 saturated heterocycles. The smallest absolute Gasteiger partial charge is 0.357 e. The molecule has 1 aliphatic heterocycles.